The first-order valence-corrected chi connectivity index (χ1v) is 7.32. The molecule has 108 valence electrons. The summed E-state index contributed by atoms with van der Waals surface area (Å²) < 4.78 is 0. The van der Waals surface area contributed by atoms with Crippen LogP contribution in [0, 0.1) is 5.92 Å². The van der Waals surface area contributed by atoms with Gasteiger partial charge in [0, 0.05) is 18.6 Å². The molecule has 3 rings (SSSR count). The summed E-state index contributed by atoms with van der Waals surface area (Å²) in [5.74, 6) is 0.256. The molecule has 2 aromatic heterocycles. The molecule has 21 heavy (non-hydrogen) atoms. The van der Waals surface area contributed by atoms with E-state index in [-0.39, 0.29) is 11.9 Å². The number of hydrogen-bond acceptors (Lipinski definition) is 4. The van der Waals surface area contributed by atoms with E-state index < -0.39 is 0 Å². The summed E-state index contributed by atoms with van der Waals surface area (Å²) in [6.45, 7) is 0. The van der Waals surface area contributed by atoms with Crippen molar-refractivity contribution in [3.63, 3.8) is 0 Å². The third kappa shape index (κ3) is 3.24. The minimum Gasteiger partial charge on any atom is -0.342 e. The van der Waals surface area contributed by atoms with Crippen LogP contribution in [0.1, 0.15) is 47.9 Å². The summed E-state index contributed by atoms with van der Waals surface area (Å²) in [7, 11) is 0. The van der Waals surface area contributed by atoms with Gasteiger partial charge in [-0.05, 0) is 30.9 Å². The van der Waals surface area contributed by atoms with E-state index in [0.717, 1.165) is 18.5 Å². The van der Waals surface area contributed by atoms with Gasteiger partial charge in [-0.2, -0.15) is 0 Å². The largest absolute Gasteiger partial charge is 0.342 e. The third-order valence-corrected chi connectivity index (χ3v) is 3.96. The van der Waals surface area contributed by atoms with Crippen LogP contribution in [0.25, 0.3) is 0 Å². The highest BCUT2D eigenvalue weighted by molar-refractivity contribution is 5.92. The zero-order valence-electron chi connectivity index (χ0n) is 11.8. The Hall–Kier alpha value is -2.30. The van der Waals surface area contributed by atoms with Crippen LogP contribution in [0.5, 0.6) is 0 Å². The lowest BCUT2D eigenvalue weighted by molar-refractivity contribution is 0.0915. The fourth-order valence-corrected chi connectivity index (χ4v) is 2.92. The van der Waals surface area contributed by atoms with E-state index in [9.17, 15) is 4.79 Å². The van der Waals surface area contributed by atoms with Crippen molar-refractivity contribution >= 4 is 5.91 Å². The molecule has 0 aromatic carbocycles. The fraction of sp³-hybridized carbons (Fsp3) is 0.375. The van der Waals surface area contributed by atoms with Crippen molar-refractivity contribution in [2.45, 2.75) is 31.7 Å². The van der Waals surface area contributed by atoms with Gasteiger partial charge in [0.25, 0.3) is 5.91 Å². The molecule has 1 saturated carbocycles. The van der Waals surface area contributed by atoms with Gasteiger partial charge in [-0.25, -0.2) is 4.98 Å². The molecule has 5 heteroatoms. The van der Waals surface area contributed by atoms with E-state index in [4.69, 9.17) is 0 Å². The number of pyridine rings is 1. The molecular weight excluding hydrogens is 264 g/mol. The maximum Gasteiger partial charge on any atom is 0.272 e. The van der Waals surface area contributed by atoms with E-state index in [0.29, 0.717) is 11.6 Å². The number of nitrogens with one attached hydrogen (secondary N) is 1. The molecule has 0 unspecified atom stereocenters. The number of carbonyl (C=O) groups is 1. The van der Waals surface area contributed by atoms with Gasteiger partial charge in [0.1, 0.15) is 5.69 Å². The third-order valence-electron chi connectivity index (χ3n) is 3.96. The molecule has 2 aromatic rings. The van der Waals surface area contributed by atoms with Crippen molar-refractivity contribution in [2.75, 3.05) is 0 Å². The molecule has 0 saturated heterocycles. The molecular formula is C16H18N4O. The van der Waals surface area contributed by atoms with Crippen molar-refractivity contribution < 1.29 is 4.79 Å². The number of amides is 1. The van der Waals surface area contributed by atoms with Crippen LogP contribution in [0.4, 0.5) is 0 Å². The normalized spacial score (nSPS) is 16.6. The monoisotopic (exact) mass is 282 g/mol. The lowest BCUT2D eigenvalue weighted by Gasteiger charge is -2.24. The summed E-state index contributed by atoms with van der Waals surface area (Å²) in [6.07, 6.45) is 11.0. The van der Waals surface area contributed by atoms with Crippen LogP contribution in [-0.2, 0) is 0 Å². The van der Waals surface area contributed by atoms with Crippen molar-refractivity contribution in [1.29, 1.82) is 0 Å². The molecule has 1 N–H and O–H groups in total. The van der Waals surface area contributed by atoms with Crippen molar-refractivity contribution in [2.24, 2.45) is 5.92 Å². The summed E-state index contributed by atoms with van der Waals surface area (Å²) in [6, 6.07) is 5.77. The maximum atomic E-state index is 12.3. The van der Waals surface area contributed by atoms with Crippen LogP contribution >= 0.6 is 0 Å². The van der Waals surface area contributed by atoms with Crippen LogP contribution in [0.3, 0.4) is 0 Å². The SMILES string of the molecule is O=C(N[C@H](c1ccccn1)C1CCCC1)c1cnccn1. The molecule has 1 amide bonds. The van der Waals surface area contributed by atoms with Gasteiger partial charge in [-0.3, -0.25) is 14.8 Å². The van der Waals surface area contributed by atoms with Gasteiger partial charge in [-0.15, -0.1) is 0 Å². The van der Waals surface area contributed by atoms with E-state index in [1.807, 2.05) is 18.2 Å². The summed E-state index contributed by atoms with van der Waals surface area (Å²) in [5.41, 5.74) is 1.26. The molecule has 1 fully saturated rings. The zero-order valence-corrected chi connectivity index (χ0v) is 11.8. The molecule has 1 aliphatic rings. The Morgan fingerprint density at radius 3 is 2.67 bits per heavy atom. The second-order valence-electron chi connectivity index (χ2n) is 5.34. The Bertz CT molecular complexity index is 582. The zero-order chi connectivity index (χ0) is 14.5. The smallest absolute Gasteiger partial charge is 0.272 e. The lowest BCUT2D eigenvalue weighted by Crippen LogP contribution is -2.33. The first kappa shape index (κ1) is 13.7. The predicted octanol–water partition coefficient (Wildman–Crippen LogP) is 2.53. The quantitative estimate of drug-likeness (QED) is 0.935. The second-order valence-corrected chi connectivity index (χ2v) is 5.34. The molecule has 1 aliphatic carbocycles. The average molecular weight is 282 g/mol. The second kappa shape index (κ2) is 6.43. The van der Waals surface area contributed by atoms with Crippen LogP contribution in [0.2, 0.25) is 0 Å². The standard InChI is InChI=1S/C16H18N4O/c21-16(14-11-17-9-10-19-14)20-15(12-5-1-2-6-12)13-7-3-4-8-18-13/h3-4,7-12,15H,1-2,5-6H2,(H,20,21)/t15-/m0/s1. The molecule has 0 aliphatic heterocycles. The maximum absolute atomic E-state index is 12.3. The first-order chi connectivity index (χ1) is 10.3. The van der Waals surface area contributed by atoms with Crippen LogP contribution < -0.4 is 5.32 Å². The molecule has 2 heterocycles. The highest BCUT2D eigenvalue weighted by atomic mass is 16.1. The minimum atomic E-state index is -0.189. The van der Waals surface area contributed by atoms with Gasteiger partial charge in [-0.1, -0.05) is 18.9 Å². The van der Waals surface area contributed by atoms with Gasteiger partial charge in [0.15, 0.2) is 0 Å². The number of rotatable bonds is 4. The summed E-state index contributed by atoms with van der Waals surface area (Å²) >= 11 is 0. The fourth-order valence-electron chi connectivity index (χ4n) is 2.92. The molecule has 0 spiro atoms. The van der Waals surface area contributed by atoms with E-state index in [1.165, 1.54) is 25.2 Å². The molecule has 5 nitrogen and oxygen atoms in total. The number of aromatic nitrogens is 3. The molecule has 0 radical (unpaired) electrons. The van der Waals surface area contributed by atoms with Gasteiger partial charge < -0.3 is 5.32 Å². The molecule has 0 bridgehead atoms. The number of hydrogen-bond donors (Lipinski definition) is 1. The Morgan fingerprint density at radius 2 is 2.00 bits per heavy atom. The van der Waals surface area contributed by atoms with Gasteiger partial charge in [0.2, 0.25) is 0 Å². The summed E-state index contributed by atoms with van der Waals surface area (Å²) in [5, 5.41) is 3.09. The lowest BCUT2D eigenvalue weighted by atomic mass is 9.94. The van der Waals surface area contributed by atoms with Crippen molar-refractivity contribution in [3.8, 4) is 0 Å². The highest BCUT2D eigenvalue weighted by Gasteiger charge is 2.29. The van der Waals surface area contributed by atoms with Crippen molar-refractivity contribution in [3.05, 3.63) is 54.4 Å². The minimum absolute atomic E-state index is 0.0526. The Morgan fingerprint density at radius 1 is 1.14 bits per heavy atom. The number of carbonyl (C=O) groups excluding carboxylic acids is 1. The highest BCUT2D eigenvalue weighted by Crippen LogP contribution is 2.35. The average Bonchev–Trinajstić information content (AvgIpc) is 3.08. The summed E-state index contributed by atoms with van der Waals surface area (Å²) in [4.78, 5) is 24.8. The van der Waals surface area contributed by atoms with Gasteiger partial charge in [0.05, 0.1) is 17.9 Å². The number of nitrogens with zero attached hydrogens (tertiary/aromatic N) is 3. The van der Waals surface area contributed by atoms with Crippen molar-refractivity contribution in [1.82, 2.24) is 20.3 Å². The van der Waals surface area contributed by atoms with Crippen LogP contribution in [0.15, 0.2) is 43.0 Å². The first-order valence-electron chi connectivity index (χ1n) is 7.32. The molecule has 1 atom stereocenters. The van der Waals surface area contributed by atoms with Gasteiger partial charge >= 0.3 is 0 Å². The Kier molecular flexibility index (Phi) is 4.19. The van der Waals surface area contributed by atoms with E-state index in [2.05, 4.69) is 20.3 Å². The Balaban J connectivity index is 1.81. The van der Waals surface area contributed by atoms with E-state index >= 15 is 0 Å². The van der Waals surface area contributed by atoms with Crippen LogP contribution in [-0.4, -0.2) is 20.9 Å². The predicted molar refractivity (Wildman–Crippen MR) is 78.4 cm³/mol. The topological polar surface area (TPSA) is 67.8 Å². The van der Waals surface area contributed by atoms with E-state index in [1.54, 1.807) is 12.4 Å². The Labute approximate surface area is 123 Å².